The third-order valence-corrected chi connectivity index (χ3v) is 13.1. The minimum absolute atomic E-state index is 0.658. The van der Waals surface area contributed by atoms with E-state index in [2.05, 4.69) is 84.3 Å². The molecule has 2 aliphatic rings. The summed E-state index contributed by atoms with van der Waals surface area (Å²) < 4.78 is 11.2. The summed E-state index contributed by atoms with van der Waals surface area (Å²) in [6, 6.07) is 25.6. The highest BCUT2D eigenvalue weighted by Gasteiger charge is 2.40. The van der Waals surface area contributed by atoms with Crippen LogP contribution in [0.5, 0.6) is 0 Å². The van der Waals surface area contributed by atoms with Crippen LogP contribution in [0.15, 0.2) is 60.7 Å². The zero-order chi connectivity index (χ0) is 22.9. The predicted molar refractivity (Wildman–Crippen MR) is 140 cm³/mol. The van der Waals surface area contributed by atoms with Crippen LogP contribution in [-0.2, 0) is 9.47 Å². The molecule has 4 rings (SSSR count). The lowest BCUT2D eigenvalue weighted by atomic mass is 10.2. The van der Waals surface area contributed by atoms with Gasteiger partial charge in [-0.3, -0.25) is 9.80 Å². The largest absolute Gasteiger partial charge is 0.379 e. The Morgan fingerprint density at radius 2 is 1.00 bits per heavy atom. The molecule has 2 fully saturated rings. The first-order valence-corrected chi connectivity index (χ1v) is 15.3. The summed E-state index contributed by atoms with van der Waals surface area (Å²) in [4.78, 5) is 5.22. The monoisotopic (exact) mass is 466 g/mol. The number of ether oxygens (including phenoxy) is 2. The quantitative estimate of drug-likeness (QED) is 0.502. The zero-order valence-corrected chi connectivity index (χ0v) is 21.6. The Morgan fingerprint density at radius 3 is 1.36 bits per heavy atom. The molecule has 0 N–H and O–H groups in total. The van der Waals surface area contributed by atoms with Crippen molar-refractivity contribution in [1.82, 2.24) is 9.80 Å². The minimum atomic E-state index is -1.96. The second kappa shape index (κ2) is 12.3. The van der Waals surface area contributed by atoms with Crippen molar-refractivity contribution >= 4 is 18.4 Å². The van der Waals surface area contributed by atoms with Crippen LogP contribution < -0.4 is 10.4 Å². The van der Waals surface area contributed by atoms with Gasteiger partial charge in [0.05, 0.1) is 26.4 Å². The maximum absolute atomic E-state index is 5.60. The standard InChI is InChI=1S/C28H42N2O2Si/c1-25(21-29-13-17-31-18-14-29)23-33(27-9-5-3-6-10-27,28-11-7-4-8-12-28)24-26(2)22-30-15-19-32-20-16-30/h3-12,25-26H,13-24H2,1-2H3. The van der Waals surface area contributed by atoms with Gasteiger partial charge in [0.2, 0.25) is 0 Å². The Kier molecular flexibility index (Phi) is 9.16. The molecule has 5 heteroatoms. The molecule has 2 unspecified atom stereocenters. The van der Waals surface area contributed by atoms with Crippen LogP contribution in [0.3, 0.4) is 0 Å². The lowest BCUT2D eigenvalue weighted by Gasteiger charge is -2.40. The number of morpholine rings is 2. The van der Waals surface area contributed by atoms with Crippen molar-refractivity contribution in [3.63, 3.8) is 0 Å². The van der Waals surface area contributed by atoms with Crippen LogP contribution in [0.4, 0.5) is 0 Å². The molecule has 2 aliphatic heterocycles. The summed E-state index contributed by atoms with van der Waals surface area (Å²) in [6.45, 7) is 15.1. The van der Waals surface area contributed by atoms with E-state index in [0.29, 0.717) is 11.8 Å². The molecule has 2 aromatic rings. The first kappa shape index (κ1) is 24.6. The molecule has 0 aliphatic carbocycles. The molecule has 2 atom stereocenters. The van der Waals surface area contributed by atoms with Crippen LogP contribution >= 0.6 is 0 Å². The molecule has 0 radical (unpaired) electrons. The summed E-state index contributed by atoms with van der Waals surface area (Å²) in [7, 11) is -1.96. The van der Waals surface area contributed by atoms with E-state index in [4.69, 9.17) is 9.47 Å². The van der Waals surface area contributed by atoms with Crippen LogP contribution in [0.25, 0.3) is 0 Å². The van der Waals surface area contributed by atoms with Gasteiger partial charge in [-0.25, -0.2) is 0 Å². The normalized spacial score (nSPS) is 20.4. The highest BCUT2D eigenvalue weighted by atomic mass is 28.3. The number of nitrogens with zero attached hydrogens (tertiary/aromatic N) is 2. The van der Waals surface area contributed by atoms with E-state index < -0.39 is 8.07 Å². The average Bonchev–Trinajstić information content (AvgIpc) is 2.86. The average molecular weight is 467 g/mol. The van der Waals surface area contributed by atoms with Crippen LogP contribution in [0.1, 0.15) is 13.8 Å². The molecule has 2 heterocycles. The lowest BCUT2D eigenvalue weighted by molar-refractivity contribution is 0.0324. The van der Waals surface area contributed by atoms with Gasteiger partial charge in [0.25, 0.3) is 0 Å². The Bertz CT molecular complexity index is 738. The molecule has 0 amide bonds. The first-order valence-electron chi connectivity index (χ1n) is 12.9. The van der Waals surface area contributed by atoms with Crippen LogP contribution in [0, 0.1) is 11.8 Å². The van der Waals surface area contributed by atoms with Gasteiger partial charge in [-0.1, -0.05) is 84.9 Å². The molecule has 2 saturated heterocycles. The molecule has 0 aromatic heterocycles. The molecular weight excluding hydrogens is 424 g/mol. The van der Waals surface area contributed by atoms with Gasteiger partial charge < -0.3 is 9.47 Å². The van der Waals surface area contributed by atoms with Gasteiger partial charge in [-0.2, -0.15) is 0 Å². The first-order chi connectivity index (χ1) is 16.2. The van der Waals surface area contributed by atoms with Gasteiger partial charge >= 0.3 is 0 Å². The molecule has 0 saturated carbocycles. The maximum Gasteiger partial charge on any atom is 0.118 e. The molecule has 2 aromatic carbocycles. The Hall–Kier alpha value is -1.50. The van der Waals surface area contributed by atoms with E-state index in [1.807, 2.05) is 0 Å². The van der Waals surface area contributed by atoms with Gasteiger partial charge in [-0.15, -0.1) is 0 Å². The zero-order valence-electron chi connectivity index (χ0n) is 20.6. The van der Waals surface area contributed by atoms with Gasteiger partial charge in [0, 0.05) is 39.3 Å². The Morgan fingerprint density at radius 1 is 0.636 bits per heavy atom. The van der Waals surface area contributed by atoms with Crippen molar-refractivity contribution in [2.24, 2.45) is 11.8 Å². The Labute approximate surface area is 201 Å². The number of rotatable bonds is 10. The summed E-state index contributed by atoms with van der Waals surface area (Å²) in [6.07, 6.45) is 0. The molecule has 180 valence electrons. The number of hydrogen-bond acceptors (Lipinski definition) is 4. The third kappa shape index (κ3) is 6.77. The van der Waals surface area contributed by atoms with E-state index in [0.717, 1.165) is 52.6 Å². The van der Waals surface area contributed by atoms with E-state index in [9.17, 15) is 0 Å². The topological polar surface area (TPSA) is 24.9 Å². The number of hydrogen-bond donors (Lipinski definition) is 0. The second-order valence-corrected chi connectivity index (χ2v) is 14.4. The summed E-state index contributed by atoms with van der Waals surface area (Å²) in [5, 5.41) is 3.19. The predicted octanol–water partition coefficient (Wildman–Crippen LogP) is 3.19. The molecule has 33 heavy (non-hydrogen) atoms. The van der Waals surface area contributed by atoms with Crippen LogP contribution in [0.2, 0.25) is 12.1 Å². The fourth-order valence-electron chi connectivity index (χ4n) is 6.00. The van der Waals surface area contributed by atoms with Crippen LogP contribution in [-0.4, -0.2) is 83.6 Å². The Balaban J connectivity index is 1.61. The van der Waals surface area contributed by atoms with Crippen molar-refractivity contribution in [2.45, 2.75) is 25.9 Å². The van der Waals surface area contributed by atoms with Gasteiger partial charge in [0.1, 0.15) is 8.07 Å². The van der Waals surface area contributed by atoms with Gasteiger partial charge in [-0.05, 0) is 23.9 Å². The molecule has 0 bridgehead atoms. The third-order valence-electron chi connectivity index (χ3n) is 7.39. The summed E-state index contributed by atoms with van der Waals surface area (Å²) in [5.74, 6) is 1.32. The molecule has 4 nitrogen and oxygen atoms in total. The van der Waals surface area contributed by atoms with Crippen molar-refractivity contribution in [3.8, 4) is 0 Å². The lowest BCUT2D eigenvalue weighted by Crippen LogP contribution is -2.60. The highest BCUT2D eigenvalue weighted by Crippen LogP contribution is 2.27. The maximum atomic E-state index is 5.60. The van der Waals surface area contributed by atoms with Crippen molar-refractivity contribution in [2.75, 3.05) is 65.7 Å². The fourth-order valence-corrected chi connectivity index (χ4v) is 11.7. The number of benzene rings is 2. The molecule has 0 spiro atoms. The summed E-state index contributed by atoms with van der Waals surface area (Å²) in [5.41, 5.74) is 0. The van der Waals surface area contributed by atoms with E-state index >= 15 is 0 Å². The molecular formula is C28H42N2O2Si. The van der Waals surface area contributed by atoms with E-state index in [1.54, 1.807) is 10.4 Å². The van der Waals surface area contributed by atoms with Crippen molar-refractivity contribution in [1.29, 1.82) is 0 Å². The fraction of sp³-hybridized carbons (Fsp3) is 0.571. The SMILES string of the molecule is CC(CN1CCOCC1)C[Si](CC(C)CN1CCOCC1)(c1ccccc1)c1ccccc1. The van der Waals surface area contributed by atoms with E-state index in [1.165, 1.54) is 25.2 Å². The summed E-state index contributed by atoms with van der Waals surface area (Å²) >= 11 is 0. The smallest absolute Gasteiger partial charge is 0.118 e. The van der Waals surface area contributed by atoms with E-state index in [-0.39, 0.29) is 0 Å². The van der Waals surface area contributed by atoms with Crippen molar-refractivity contribution < 1.29 is 9.47 Å². The second-order valence-electron chi connectivity index (χ2n) is 10.3. The van der Waals surface area contributed by atoms with Crippen molar-refractivity contribution in [3.05, 3.63) is 60.7 Å². The van der Waals surface area contributed by atoms with Gasteiger partial charge in [0.15, 0.2) is 0 Å². The minimum Gasteiger partial charge on any atom is -0.379 e. The highest BCUT2D eigenvalue weighted by molar-refractivity contribution is 7.02.